The van der Waals surface area contributed by atoms with E-state index < -0.39 is 0 Å². The molecule has 1 aromatic heterocycles. The Morgan fingerprint density at radius 3 is 3.00 bits per heavy atom. The van der Waals surface area contributed by atoms with Crippen LogP contribution in [0.1, 0.15) is 23.7 Å². The molecule has 3 rings (SSSR count). The van der Waals surface area contributed by atoms with E-state index in [1.54, 1.807) is 7.11 Å². The first-order chi connectivity index (χ1) is 9.29. The number of methoxy groups -OCH3 is 1. The Bertz CT molecular complexity index is 574. The van der Waals surface area contributed by atoms with Gasteiger partial charge in [-0.2, -0.15) is 4.98 Å². The molecule has 1 aliphatic rings. The van der Waals surface area contributed by atoms with Gasteiger partial charge >= 0.3 is 0 Å². The van der Waals surface area contributed by atoms with Crippen LogP contribution >= 0.6 is 0 Å². The van der Waals surface area contributed by atoms with Gasteiger partial charge in [-0.3, -0.25) is 0 Å². The van der Waals surface area contributed by atoms with Crippen LogP contribution in [0.4, 0.5) is 0 Å². The van der Waals surface area contributed by atoms with Crippen molar-refractivity contribution in [3.05, 3.63) is 29.6 Å². The fourth-order valence-corrected chi connectivity index (χ4v) is 2.32. The fraction of sp³-hybridized carbons (Fsp3) is 0.429. The molecule has 5 nitrogen and oxygen atoms in total. The number of nitrogens with zero attached hydrogens (tertiary/aromatic N) is 2. The minimum absolute atomic E-state index is 0.253. The van der Waals surface area contributed by atoms with Gasteiger partial charge in [0.25, 0.3) is 5.89 Å². The van der Waals surface area contributed by atoms with Gasteiger partial charge in [0.05, 0.1) is 13.7 Å². The summed E-state index contributed by atoms with van der Waals surface area (Å²) in [5, 5.41) is 4.06. The molecule has 100 valence electrons. The minimum atomic E-state index is 0.253. The van der Waals surface area contributed by atoms with Crippen LogP contribution in [0, 0.1) is 6.92 Å². The zero-order valence-electron chi connectivity index (χ0n) is 11.0. The summed E-state index contributed by atoms with van der Waals surface area (Å²) in [5.74, 6) is 2.35. The van der Waals surface area contributed by atoms with Crippen LogP contribution in [-0.4, -0.2) is 30.5 Å². The summed E-state index contributed by atoms with van der Waals surface area (Å²) < 4.78 is 16.0. The topological polar surface area (TPSA) is 57.4 Å². The van der Waals surface area contributed by atoms with Gasteiger partial charge in [-0.1, -0.05) is 11.2 Å². The lowest BCUT2D eigenvalue weighted by Gasteiger charge is -2.06. The van der Waals surface area contributed by atoms with E-state index in [9.17, 15) is 0 Å². The van der Waals surface area contributed by atoms with E-state index in [0.29, 0.717) is 12.5 Å². The third-order valence-corrected chi connectivity index (χ3v) is 3.47. The summed E-state index contributed by atoms with van der Waals surface area (Å²) in [6, 6.07) is 5.80. The zero-order valence-corrected chi connectivity index (χ0v) is 11.0. The van der Waals surface area contributed by atoms with Gasteiger partial charge in [0.15, 0.2) is 5.82 Å². The molecule has 2 aromatic rings. The molecule has 1 aliphatic heterocycles. The van der Waals surface area contributed by atoms with Crippen LogP contribution in [0.5, 0.6) is 5.75 Å². The van der Waals surface area contributed by atoms with E-state index in [0.717, 1.165) is 35.7 Å². The molecule has 0 saturated carbocycles. The van der Waals surface area contributed by atoms with Crippen LogP contribution in [0.2, 0.25) is 0 Å². The highest BCUT2D eigenvalue weighted by atomic mass is 16.5. The van der Waals surface area contributed by atoms with Gasteiger partial charge in [0.1, 0.15) is 5.75 Å². The zero-order chi connectivity index (χ0) is 13.2. The van der Waals surface area contributed by atoms with Gasteiger partial charge in [-0.25, -0.2) is 0 Å². The monoisotopic (exact) mass is 260 g/mol. The molecular formula is C14H16N2O3. The maximum Gasteiger partial charge on any atom is 0.258 e. The van der Waals surface area contributed by atoms with Crippen molar-refractivity contribution in [2.75, 3.05) is 20.3 Å². The highest BCUT2D eigenvalue weighted by Crippen LogP contribution is 2.30. The molecule has 5 heteroatoms. The van der Waals surface area contributed by atoms with Crippen molar-refractivity contribution in [3.8, 4) is 17.2 Å². The molecule has 1 fully saturated rings. The second-order valence-electron chi connectivity index (χ2n) is 4.65. The number of rotatable bonds is 3. The quantitative estimate of drug-likeness (QED) is 0.848. The third kappa shape index (κ3) is 2.21. The summed E-state index contributed by atoms with van der Waals surface area (Å²) in [4.78, 5) is 4.49. The summed E-state index contributed by atoms with van der Waals surface area (Å²) in [6.45, 7) is 3.43. The van der Waals surface area contributed by atoms with Crippen molar-refractivity contribution in [2.45, 2.75) is 19.3 Å². The Labute approximate surface area is 111 Å². The maximum atomic E-state index is 5.37. The normalized spacial score (nSPS) is 18.7. The van der Waals surface area contributed by atoms with E-state index in [4.69, 9.17) is 14.0 Å². The second-order valence-corrected chi connectivity index (χ2v) is 4.65. The van der Waals surface area contributed by atoms with E-state index in [-0.39, 0.29) is 5.92 Å². The average Bonchev–Trinajstić information content (AvgIpc) is 3.09. The first-order valence-corrected chi connectivity index (χ1v) is 6.35. The van der Waals surface area contributed by atoms with Gasteiger partial charge in [0.2, 0.25) is 0 Å². The highest BCUT2D eigenvalue weighted by Gasteiger charge is 2.24. The van der Waals surface area contributed by atoms with E-state index >= 15 is 0 Å². The number of ether oxygens (including phenoxy) is 2. The summed E-state index contributed by atoms with van der Waals surface area (Å²) in [7, 11) is 1.65. The van der Waals surface area contributed by atoms with Crippen molar-refractivity contribution < 1.29 is 14.0 Å². The number of benzene rings is 1. The molecule has 1 aromatic carbocycles. The molecule has 19 heavy (non-hydrogen) atoms. The predicted octanol–water partition coefficient (Wildman–Crippen LogP) is 2.56. The summed E-state index contributed by atoms with van der Waals surface area (Å²) in [5.41, 5.74) is 1.92. The Balaban J connectivity index is 1.94. The Kier molecular flexibility index (Phi) is 3.21. The second kappa shape index (κ2) is 5.01. The standard InChI is InChI=1S/C14H16N2O3/c1-9-11(4-3-5-12(9)17-2)14-15-13(16-19-14)10-6-7-18-8-10/h3-5,10H,6-8H2,1-2H3. The molecule has 0 radical (unpaired) electrons. The van der Waals surface area contributed by atoms with Crippen LogP contribution in [0.25, 0.3) is 11.5 Å². The largest absolute Gasteiger partial charge is 0.496 e. The van der Waals surface area contributed by atoms with Crippen LogP contribution < -0.4 is 4.74 Å². The molecule has 1 saturated heterocycles. The SMILES string of the molecule is COc1cccc(-c2nc(C3CCOC3)no2)c1C. The first-order valence-electron chi connectivity index (χ1n) is 6.35. The molecule has 0 spiro atoms. The molecule has 0 aliphatic carbocycles. The molecule has 0 amide bonds. The van der Waals surface area contributed by atoms with Crippen molar-refractivity contribution in [1.29, 1.82) is 0 Å². The number of hydrogen-bond donors (Lipinski definition) is 0. The van der Waals surface area contributed by atoms with Crippen LogP contribution in [0.3, 0.4) is 0 Å². The molecule has 2 heterocycles. The molecule has 1 atom stereocenters. The lowest BCUT2D eigenvalue weighted by atomic mass is 10.1. The van der Waals surface area contributed by atoms with Crippen molar-refractivity contribution in [3.63, 3.8) is 0 Å². The molecule has 0 bridgehead atoms. The van der Waals surface area contributed by atoms with Gasteiger partial charge in [-0.05, 0) is 25.5 Å². The van der Waals surface area contributed by atoms with Crippen molar-refractivity contribution >= 4 is 0 Å². The van der Waals surface area contributed by atoms with E-state index in [1.165, 1.54) is 0 Å². The number of aromatic nitrogens is 2. The lowest BCUT2D eigenvalue weighted by molar-refractivity contribution is 0.192. The maximum absolute atomic E-state index is 5.37. The van der Waals surface area contributed by atoms with Crippen LogP contribution in [0.15, 0.2) is 22.7 Å². The Morgan fingerprint density at radius 1 is 1.37 bits per heavy atom. The van der Waals surface area contributed by atoms with Gasteiger partial charge in [-0.15, -0.1) is 0 Å². The predicted molar refractivity (Wildman–Crippen MR) is 69.2 cm³/mol. The summed E-state index contributed by atoms with van der Waals surface area (Å²) in [6.07, 6.45) is 0.954. The highest BCUT2D eigenvalue weighted by molar-refractivity contribution is 5.62. The molecule has 0 N–H and O–H groups in total. The average molecular weight is 260 g/mol. The van der Waals surface area contributed by atoms with E-state index in [1.807, 2.05) is 25.1 Å². The fourth-order valence-electron chi connectivity index (χ4n) is 2.32. The minimum Gasteiger partial charge on any atom is -0.496 e. The summed E-state index contributed by atoms with van der Waals surface area (Å²) >= 11 is 0. The van der Waals surface area contributed by atoms with Gasteiger partial charge in [0, 0.05) is 23.7 Å². The van der Waals surface area contributed by atoms with Crippen LogP contribution in [-0.2, 0) is 4.74 Å². The van der Waals surface area contributed by atoms with E-state index in [2.05, 4.69) is 10.1 Å². The van der Waals surface area contributed by atoms with Gasteiger partial charge < -0.3 is 14.0 Å². The van der Waals surface area contributed by atoms with Crippen molar-refractivity contribution in [2.24, 2.45) is 0 Å². The Hall–Kier alpha value is -1.88. The van der Waals surface area contributed by atoms with Crippen molar-refractivity contribution in [1.82, 2.24) is 10.1 Å². The Morgan fingerprint density at radius 2 is 2.26 bits per heavy atom. The lowest BCUT2D eigenvalue weighted by Crippen LogP contribution is -1.99. The smallest absolute Gasteiger partial charge is 0.258 e. The molecule has 1 unspecified atom stereocenters. The third-order valence-electron chi connectivity index (χ3n) is 3.47. The number of hydrogen-bond acceptors (Lipinski definition) is 5. The first kappa shape index (κ1) is 12.2. The molecular weight excluding hydrogens is 244 g/mol.